The topological polar surface area (TPSA) is 38.5 Å². The average Bonchev–Trinajstić information content (AvgIpc) is 2.57. The highest BCUT2D eigenvalue weighted by Gasteiger charge is 2.38. The molecule has 1 aromatic rings. The molecule has 0 aromatic carbocycles. The van der Waals surface area contributed by atoms with E-state index in [2.05, 4.69) is 18.0 Å². The standard InChI is InChI=1S/C11H17ClN2OS/c1-14(4-9-2-3-10(12)16-9)6-11(5-13)7-15-8-11/h2-3H,4-8,13H2,1H3. The predicted molar refractivity (Wildman–Crippen MR) is 68.0 cm³/mol. The number of ether oxygens (including phenoxy) is 1. The van der Waals surface area contributed by atoms with Crippen LogP contribution < -0.4 is 5.73 Å². The van der Waals surface area contributed by atoms with E-state index in [1.807, 2.05) is 6.07 Å². The van der Waals surface area contributed by atoms with Crippen molar-refractivity contribution in [2.24, 2.45) is 11.1 Å². The normalized spacial score (nSPS) is 18.8. The first kappa shape index (κ1) is 12.3. The number of thiophene rings is 1. The first-order valence-electron chi connectivity index (χ1n) is 5.34. The molecule has 0 radical (unpaired) electrons. The van der Waals surface area contributed by atoms with E-state index in [-0.39, 0.29) is 5.41 Å². The largest absolute Gasteiger partial charge is 0.380 e. The van der Waals surface area contributed by atoms with Gasteiger partial charge in [0.25, 0.3) is 0 Å². The molecule has 0 aliphatic carbocycles. The van der Waals surface area contributed by atoms with Crippen LogP contribution in [0.1, 0.15) is 4.88 Å². The number of nitrogens with two attached hydrogens (primary N) is 1. The summed E-state index contributed by atoms with van der Waals surface area (Å²) in [7, 11) is 2.11. The second kappa shape index (κ2) is 5.02. The molecule has 1 aromatic heterocycles. The van der Waals surface area contributed by atoms with Gasteiger partial charge in [0.15, 0.2) is 0 Å². The molecule has 0 saturated carbocycles. The molecule has 0 spiro atoms. The lowest BCUT2D eigenvalue weighted by atomic mass is 9.85. The second-order valence-corrected chi connectivity index (χ2v) is 6.37. The molecule has 0 unspecified atom stereocenters. The van der Waals surface area contributed by atoms with Crippen LogP contribution in [0, 0.1) is 5.41 Å². The molecule has 1 fully saturated rings. The first-order valence-corrected chi connectivity index (χ1v) is 6.54. The van der Waals surface area contributed by atoms with E-state index in [1.54, 1.807) is 11.3 Å². The highest BCUT2D eigenvalue weighted by molar-refractivity contribution is 7.16. The van der Waals surface area contributed by atoms with Crippen LogP contribution in [0.4, 0.5) is 0 Å². The van der Waals surface area contributed by atoms with Crippen molar-refractivity contribution < 1.29 is 4.74 Å². The molecular formula is C11H17ClN2OS. The molecule has 0 bridgehead atoms. The van der Waals surface area contributed by atoms with Crippen molar-refractivity contribution in [2.45, 2.75) is 6.54 Å². The fraction of sp³-hybridized carbons (Fsp3) is 0.636. The number of nitrogens with zero attached hydrogens (tertiary/aromatic N) is 1. The molecule has 0 amide bonds. The van der Waals surface area contributed by atoms with Crippen LogP contribution in [0.5, 0.6) is 0 Å². The minimum absolute atomic E-state index is 0.176. The summed E-state index contributed by atoms with van der Waals surface area (Å²) in [6, 6.07) is 4.02. The van der Waals surface area contributed by atoms with Crippen LogP contribution in [0.3, 0.4) is 0 Å². The van der Waals surface area contributed by atoms with Gasteiger partial charge in [-0.25, -0.2) is 0 Å². The van der Waals surface area contributed by atoms with E-state index in [1.165, 1.54) is 4.88 Å². The lowest BCUT2D eigenvalue weighted by molar-refractivity contribution is -0.118. The zero-order chi connectivity index (χ0) is 11.6. The quantitative estimate of drug-likeness (QED) is 0.878. The smallest absolute Gasteiger partial charge is 0.0931 e. The van der Waals surface area contributed by atoms with Gasteiger partial charge in [-0.3, -0.25) is 0 Å². The molecule has 3 nitrogen and oxygen atoms in total. The third-order valence-electron chi connectivity index (χ3n) is 2.91. The Bertz CT molecular complexity index is 346. The van der Waals surface area contributed by atoms with Gasteiger partial charge in [-0.2, -0.15) is 0 Å². The maximum Gasteiger partial charge on any atom is 0.0931 e. The summed E-state index contributed by atoms with van der Waals surface area (Å²) < 4.78 is 6.11. The third kappa shape index (κ3) is 2.76. The van der Waals surface area contributed by atoms with Gasteiger partial charge in [0, 0.05) is 29.9 Å². The van der Waals surface area contributed by atoms with Crippen molar-refractivity contribution in [2.75, 3.05) is 33.4 Å². The molecule has 0 atom stereocenters. The van der Waals surface area contributed by atoms with Crippen molar-refractivity contribution in [1.29, 1.82) is 0 Å². The zero-order valence-electron chi connectivity index (χ0n) is 9.41. The summed E-state index contributed by atoms with van der Waals surface area (Å²) in [4.78, 5) is 3.58. The van der Waals surface area contributed by atoms with E-state index in [9.17, 15) is 0 Å². The summed E-state index contributed by atoms with van der Waals surface area (Å²) in [6.45, 7) is 4.19. The van der Waals surface area contributed by atoms with Gasteiger partial charge in [-0.15, -0.1) is 11.3 Å². The van der Waals surface area contributed by atoms with Crippen molar-refractivity contribution in [3.8, 4) is 0 Å². The summed E-state index contributed by atoms with van der Waals surface area (Å²) in [5.41, 5.74) is 5.97. The second-order valence-electron chi connectivity index (χ2n) is 4.58. The SMILES string of the molecule is CN(Cc1ccc(Cl)s1)CC1(CN)COC1. The highest BCUT2D eigenvalue weighted by Crippen LogP contribution is 2.28. The Hall–Kier alpha value is -0.130. The van der Waals surface area contributed by atoms with Crippen LogP contribution in [0.15, 0.2) is 12.1 Å². The molecule has 5 heteroatoms. The number of halogens is 1. The summed E-state index contributed by atoms with van der Waals surface area (Å²) in [5.74, 6) is 0. The molecular weight excluding hydrogens is 244 g/mol. The molecule has 2 heterocycles. The maximum absolute atomic E-state index is 5.90. The summed E-state index contributed by atoms with van der Waals surface area (Å²) in [6.07, 6.45) is 0. The first-order chi connectivity index (χ1) is 7.63. The van der Waals surface area contributed by atoms with Gasteiger partial charge in [-0.05, 0) is 19.2 Å². The Kier molecular flexibility index (Phi) is 3.87. The number of rotatable bonds is 5. The Morgan fingerprint density at radius 2 is 2.31 bits per heavy atom. The third-order valence-corrected chi connectivity index (χ3v) is 4.13. The van der Waals surface area contributed by atoms with Crippen LogP contribution in [0.25, 0.3) is 0 Å². The lowest BCUT2D eigenvalue weighted by Gasteiger charge is -2.42. The molecule has 1 aliphatic heterocycles. The van der Waals surface area contributed by atoms with Gasteiger partial charge < -0.3 is 15.4 Å². The minimum atomic E-state index is 0.176. The van der Waals surface area contributed by atoms with Crippen LogP contribution >= 0.6 is 22.9 Å². The average molecular weight is 261 g/mol. The van der Waals surface area contributed by atoms with Gasteiger partial charge >= 0.3 is 0 Å². The minimum Gasteiger partial charge on any atom is -0.380 e. The summed E-state index contributed by atoms with van der Waals surface area (Å²) >= 11 is 7.54. The fourth-order valence-corrected chi connectivity index (χ4v) is 3.16. The van der Waals surface area contributed by atoms with E-state index in [4.69, 9.17) is 22.1 Å². The van der Waals surface area contributed by atoms with Crippen LogP contribution in [0.2, 0.25) is 4.34 Å². The molecule has 2 rings (SSSR count). The number of hydrogen-bond acceptors (Lipinski definition) is 4. The van der Waals surface area contributed by atoms with E-state index < -0.39 is 0 Å². The van der Waals surface area contributed by atoms with E-state index >= 15 is 0 Å². The molecule has 16 heavy (non-hydrogen) atoms. The zero-order valence-corrected chi connectivity index (χ0v) is 11.0. The monoisotopic (exact) mass is 260 g/mol. The van der Waals surface area contributed by atoms with Crippen LogP contribution in [-0.4, -0.2) is 38.3 Å². The van der Waals surface area contributed by atoms with Crippen molar-refractivity contribution >= 4 is 22.9 Å². The van der Waals surface area contributed by atoms with Crippen molar-refractivity contribution in [3.05, 3.63) is 21.3 Å². The van der Waals surface area contributed by atoms with Crippen molar-refractivity contribution in [3.63, 3.8) is 0 Å². The van der Waals surface area contributed by atoms with Gasteiger partial charge in [0.2, 0.25) is 0 Å². The van der Waals surface area contributed by atoms with Gasteiger partial charge in [0.1, 0.15) is 0 Å². The molecule has 1 saturated heterocycles. The lowest BCUT2D eigenvalue weighted by Crippen LogP contribution is -2.54. The Morgan fingerprint density at radius 3 is 2.75 bits per heavy atom. The Balaban J connectivity index is 1.86. The van der Waals surface area contributed by atoms with Crippen LogP contribution in [-0.2, 0) is 11.3 Å². The van der Waals surface area contributed by atoms with E-state index in [0.29, 0.717) is 6.54 Å². The highest BCUT2D eigenvalue weighted by atomic mass is 35.5. The molecule has 2 N–H and O–H groups in total. The number of hydrogen-bond donors (Lipinski definition) is 1. The van der Waals surface area contributed by atoms with E-state index in [0.717, 1.165) is 30.6 Å². The Labute approximate surface area is 105 Å². The Morgan fingerprint density at radius 1 is 1.56 bits per heavy atom. The molecule has 90 valence electrons. The van der Waals surface area contributed by atoms with Gasteiger partial charge in [-0.1, -0.05) is 11.6 Å². The fourth-order valence-electron chi connectivity index (χ4n) is 2.00. The maximum atomic E-state index is 5.90. The summed E-state index contributed by atoms with van der Waals surface area (Å²) in [5, 5.41) is 0. The predicted octanol–water partition coefficient (Wildman–Crippen LogP) is 1.81. The molecule has 1 aliphatic rings. The van der Waals surface area contributed by atoms with Crippen molar-refractivity contribution in [1.82, 2.24) is 4.90 Å². The van der Waals surface area contributed by atoms with Gasteiger partial charge in [0.05, 0.1) is 17.6 Å².